The van der Waals surface area contributed by atoms with Crippen LogP contribution in [0.25, 0.3) is 0 Å². The summed E-state index contributed by atoms with van der Waals surface area (Å²) < 4.78 is 12.1. The Morgan fingerprint density at radius 3 is 1.76 bits per heavy atom. The van der Waals surface area contributed by atoms with Gasteiger partial charge in [-0.3, -0.25) is 0 Å². The van der Waals surface area contributed by atoms with Crippen LogP contribution in [0.3, 0.4) is 0 Å². The zero-order chi connectivity index (χ0) is 16.7. The molecular formula is C18H36O3. The molecule has 0 saturated heterocycles. The number of hydrogen-bond acceptors (Lipinski definition) is 3. The number of hydrogen-bond donors (Lipinski definition) is 0. The van der Waals surface area contributed by atoms with E-state index in [1.807, 2.05) is 41.5 Å². The van der Waals surface area contributed by atoms with Crippen LogP contribution in [-0.2, 0) is 14.3 Å². The largest absolute Gasteiger partial charge is 0.458 e. The highest BCUT2D eigenvalue weighted by Crippen LogP contribution is 2.33. The fraction of sp³-hybridized carbons (Fsp3) is 0.944. The van der Waals surface area contributed by atoms with Gasteiger partial charge in [0.1, 0.15) is 5.60 Å². The van der Waals surface area contributed by atoms with Crippen molar-refractivity contribution in [2.45, 2.75) is 111 Å². The third-order valence-electron chi connectivity index (χ3n) is 4.42. The van der Waals surface area contributed by atoms with E-state index in [0.29, 0.717) is 6.42 Å². The first kappa shape index (κ1) is 20.4. The van der Waals surface area contributed by atoms with Crippen LogP contribution in [-0.4, -0.2) is 22.8 Å². The van der Waals surface area contributed by atoms with Crippen LogP contribution in [0, 0.1) is 0 Å². The lowest BCUT2D eigenvalue weighted by Crippen LogP contribution is -2.50. The summed E-state index contributed by atoms with van der Waals surface area (Å²) in [7, 11) is 0. The molecule has 0 heterocycles. The summed E-state index contributed by atoms with van der Waals surface area (Å²) in [5.41, 5.74) is -1.58. The highest BCUT2D eigenvalue weighted by Gasteiger charge is 2.44. The summed E-state index contributed by atoms with van der Waals surface area (Å²) in [6.07, 6.45) is 5.04. The van der Waals surface area contributed by atoms with E-state index in [1.54, 1.807) is 0 Å². The fourth-order valence-electron chi connectivity index (χ4n) is 2.07. The van der Waals surface area contributed by atoms with E-state index in [4.69, 9.17) is 9.47 Å². The van der Waals surface area contributed by atoms with E-state index >= 15 is 0 Å². The maximum Gasteiger partial charge on any atom is 0.338 e. The molecule has 21 heavy (non-hydrogen) atoms. The molecule has 3 nitrogen and oxygen atoms in total. The van der Waals surface area contributed by atoms with Gasteiger partial charge >= 0.3 is 5.97 Å². The van der Waals surface area contributed by atoms with Crippen molar-refractivity contribution in [1.29, 1.82) is 0 Å². The van der Waals surface area contributed by atoms with Crippen LogP contribution in [0.15, 0.2) is 0 Å². The summed E-state index contributed by atoms with van der Waals surface area (Å²) in [5.74, 6) is -0.202. The second kappa shape index (κ2) is 8.17. The van der Waals surface area contributed by atoms with Crippen molar-refractivity contribution in [2.24, 2.45) is 0 Å². The van der Waals surface area contributed by atoms with Crippen molar-refractivity contribution in [1.82, 2.24) is 0 Å². The van der Waals surface area contributed by atoms with Crippen LogP contribution in [0.5, 0.6) is 0 Å². The van der Waals surface area contributed by atoms with Crippen molar-refractivity contribution >= 4 is 5.97 Å². The Labute approximate surface area is 131 Å². The van der Waals surface area contributed by atoms with Crippen molar-refractivity contribution in [2.75, 3.05) is 0 Å². The molecule has 0 aliphatic heterocycles. The molecule has 0 saturated carbocycles. The second-order valence-corrected chi connectivity index (χ2v) is 7.17. The Morgan fingerprint density at radius 1 is 0.857 bits per heavy atom. The number of carbonyl (C=O) groups excluding carboxylic acids is 1. The molecule has 3 heteroatoms. The van der Waals surface area contributed by atoms with E-state index in [2.05, 4.69) is 13.8 Å². The van der Waals surface area contributed by atoms with Crippen molar-refractivity contribution in [3.05, 3.63) is 0 Å². The predicted molar refractivity (Wildman–Crippen MR) is 88.5 cm³/mol. The van der Waals surface area contributed by atoms with Gasteiger partial charge in [0.15, 0.2) is 5.60 Å². The van der Waals surface area contributed by atoms with Gasteiger partial charge in [0.2, 0.25) is 0 Å². The molecule has 0 aromatic heterocycles. The number of unbranched alkanes of at least 4 members (excludes halogenated alkanes) is 1. The molecule has 0 aromatic rings. The van der Waals surface area contributed by atoms with Gasteiger partial charge in [-0.25, -0.2) is 4.79 Å². The molecule has 1 atom stereocenters. The maximum absolute atomic E-state index is 12.8. The summed E-state index contributed by atoms with van der Waals surface area (Å²) in [6, 6.07) is 0. The van der Waals surface area contributed by atoms with Crippen LogP contribution >= 0.6 is 0 Å². The lowest BCUT2D eigenvalue weighted by atomic mass is 9.91. The average molecular weight is 300 g/mol. The topological polar surface area (TPSA) is 35.5 Å². The molecule has 0 aromatic carbocycles. The molecule has 0 rings (SSSR count). The van der Waals surface area contributed by atoms with Crippen LogP contribution in [0.2, 0.25) is 0 Å². The summed E-state index contributed by atoms with van der Waals surface area (Å²) in [6.45, 7) is 16.3. The molecule has 0 fully saturated rings. The van der Waals surface area contributed by atoms with Gasteiger partial charge in [0.05, 0.1) is 5.60 Å². The Bertz CT molecular complexity index is 320. The molecule has 0 aliphatic rings. The Morgan fingerprint density at radius 2 is 1.38 bits per heavy atom. The van der Waals surface area contributed by atoms with Gasteiger partial charge in [-0.1, -0.05) is 40.5 Å². The standard InChI is InChI=1S/C18H36O3/c1-9-13-14-18(12-4,21-17(7,8)11-3)15(19)20-16(5,6)10-2/h9-14H2,1-8H3. The molecular weight excluding hydrogens is 264 g/mol. The number of rotatable bonds is 10. The van der Waals surface area contributed by atoms with E-state index in [-0.39, 0.29) is 11.6 Å². The molecule has 1 unspecified atom stereocenters. The first-order valence-corrected chi connectivity index (χ1v) is 8.51. The van der Waals surface area contributed by atoms with Gasteiger partial charge in [0, 0.05) is 0 Å². The second-order valence-electron chi connectivity index (χ2n) is 7.17. The van der Waals surface area contributed by atoms with Gasteiger partial charge in [0.25, 0.3) is 0 Å². The summed E-state index contributed by atoms with van der Waals surface area (Å²) in [5, 5.41) is 0. The van der Waals surface area contributed by atoms with E-state index in [1.165, 1.54) is 0 Å². The Balaban J connectivity index is 5.31. The third-order valence-corrected chi connectivity index (χ3v) is 4.42. The lowest BCUT2D eigenvalue weighted by Gasteiger charge is -2.40. The van der Waals surface area contributed by atoms with E-state index in [9.17, 15) is 4.79 Å². The van der Waals surface area contributed by atoms with Gasteiger partial charge in [-0.05, 0) is 53.4 Å². The molecule has 0 radical (unpaired) electrons. The number of ether oxygens (including phenoxy) is 2. The zero-order valence-electron chi connectivity index (χ0n) is 15.5. The SMILES string of the molecule is CCCCC(CC)(OC(C)(C)CC)C(=O)OC(C)(C)CC. The smallest absolute Gasteiger partial charge is 0.338 e. The van der Waals surface area contributed by atoms with Gasteiger partial charge in [-0.15, -0.1) is 0 Å². The van der Waals surface area contributed by atoms with Crippen LogP contribution in [0.4, 0.5) is 0 Å². The molecule has 126 valence electrons. The molecule has 0 spiro atoms. The fourth-order valence-corrected chi connectivity index (χ4v) is 2.07. The normalized spacial score (nSPS) is 15.6. The monoisotopic (exact) mass is 300 g/mol. The molecule has 0 aliphatic carbocycles. The maximum atomic E-state index is 12.8. The number of esters is 1. The minimum atomic E-state index is -0.817. The van der Waals surface area contributed by atoms with Crippen molar-refractivity contribution in [3.63, 3.8) is 0 Å². The van der Waals surface area contributed by atoms with Crippen molar-refractivity contribution < 1.29 is 14.3 Å². The Kier molecular flexibility index (Phi) is 7.94. The highest BCUT2D eigenvalue weighted by atomic mass is 16.6. The van der Waals surface area contributed by atoms with Crippen LogP contribution < -0.4 is 0 Å². The van der Waals surface area contributed by atoms with Crippen molar-refractivity contribution in [3.8, 4) is 0 Å². The molecule has 0 bridgehead atoms. The van der Waals surface area contributed by atoms with E-state index < -0.39 is 11.2 Å². The minimum absolute atomic E-state index is 0.202. The predicted octanol–water partition coefficient (Wildman–Crippen LogP) is 5.26. The zero-order valence-corrected chi connectivity index (χ0v) is 15.5. The lowest BCUT2D eigenvalue weighted by molar-refractivity contribution is -0.207. The quantitative estimate of drug-likeness (QED) is 0.516. The minimum Gasteiger partial charge on any atom is -0.458 e. The first-order valence-electron chi connectivity index (χ1n) is 8.51. The summed E-state index contributed by atoms with van der Waals surface area (Å²) >= 11 is 0. The van der Waals surface area contributed by atoms with E-state index in [0.717, 1.165) is 32.1 Å². The molecule has 0 N–H and O–H groups in total. The number of carbonyl (C=O) groups is 1. The third kappa shape index (κ3) is 6.37. The highest BCUT2D eigenvalue weighted by molar-refractivity contribution is 5.80. The Hall–Kier alpha value is -0.570. The molecule has 0 amide bonds. The van der Waals surface area contributed by atoms with Gasteiger partial charge < -0.3 is 9.47 Å². The summed E-state index contributed by atoms with van der Waals surface area (Å²) in [4.78, 5) is 12.8. The van der Waals surface area contributed by atoms with Gasteiger partial charge in [-0.2, -0.15) is 0 Å². The van der Waals surface area contributed by atoms with Crippen LogP contribution in [0.1, 0.15) is 93.9 Å². The average Bonchev–Trinajstić information content (AvgIpc) is 2.42. The first-order chi connectivity index (χ1) is 9.58.